The third-order valence-corrected chi connectivity index (χ3v) is 7.82. The van der Waals surface area contributed by atoms with Crippen molar-refractivity contribution in [2.75, 3.05) is 27.7 Å². The molecule has 0 atom stereocenters. The number of nitrogens with one attached hydrogen (secondary N) is 1. The molecule has 1 N–H and O–H groups in total. The van der Waals surface area contributed by atoms with E-state index in [1.807, 2.05) is 10.8 Å². The lowest BCUT2D eigenvalue weighted by Gasteiger charge is -2.13. The molecule has 0 fully saturated rings. The maximum atomic E-state index is 13.3. The highest BCUT2D eigenvalue weighted by Gasteiger charge is 2.23. The summed E-state index contributed by atoms with van der Waals surface area (Å²) in [6.07, 6.45) is 7.27. The van der Waals surface area contributed by atoms with Gasteiger partial charge in [-0.2, -0.15) is 12.7 Å². The minimum Gasteiger partial charge on any atom is -0.497 e. The molecule has 2 aromatic heterocycles. The van der Waals surface area contributed by atoms with Crippen molar-refractivity contribution in [3.05, 3.63) is 84.6 Å². The number of aliphatic imine (C=N–C) groups is 1. The summed E-state index contributed by atoms with van der Waals surface area (Å²) in [5.74, 6) is -0.512. The Labute approximate surface area is 226 Å². The van der Waals surface area contributed by atoms with Gasteiger partial charge >= 0.3 is 10.2 Å². The van der Waals surface area contributed by atoms with Crippen LogP contribution in [0.5, 0.6) is 5.75 Å². The number of fused-ring (bicyclic) bond motifs is 1. The van der Waals surface area contributed by atoms with Crippen molar-refractivity contribution in [1.29, 1.82) is 0 Å². The lowest BCUT2D eigenvalue weighted by atomic mass is 10.1. The summed E-state index contributed by atoms with van der Waals surface area (Å²) in [5.41, 5.74) is 1.27. The number of benzene rings is 2. The molecule has 2 amide bonds. The van der Waals surface area contributed by atoms with Crippen molar-refractivity contribution in [2.45, 2.75) is 19.4 Å². The molecule has 0 radical (unpaired) electrons. The van der Waals surface area contributed by atoms with Gasteiger partial charge in [-0.15, -0.1) is 0 Å². The second-order valence-corrected chi connectivity index (χ2v) is 11.0. The van der Waals surface area contributed by atoms with Crippen LogP contribution < -0.4 is 10.1 Å². The van der Waals surface area contributed by atoms with E-state index in [1.165, 1.54) is 31.4 Å². The van der Waals surface area contributed by atoms with Gasteiger partial charge in [0.15, 0.2) is 0 Å². The molecule has 11 nitrogen and oxygen atoms in total. The van der Waals surface area contributed by atoms with E-state index in [4.69, 9.17) is 4.74 Å². The number of rotatable bonds is 11. The van der Waals surface area contributed by atoms with Gasteiger partial charge in [0.1, 0.15) is 11.5 Å². The number of hydrogen-bond acceptors (Lipinski definition) is 6. The molecule has 2 aromatic carbocycles. The molecule has 39 heavy (non-hydrogen) atoms. The molecule has 2 heterocycles. The number of aryl methyl sites for hydroxylation is 1. The minimum absolute atomic E-state index is 0.0244. The van der Waals surface area contributed by atoms with Crippen molar-refractivity contribution < 1.29 is 22.7 Å². The monoisotopic (exact) mass is 550 g/mol. The topological polar surface area (TPSA) is 128 Å². The molecule has 4 rings (SSSR count). The van der Waals surface area contributed by atoms with Gasteiger partial charge in [-0.3, -0.25) is 9.59 Å². The van der Waals surface area contributed by atoms with Gasteiger partial charge in [-0.25, -0.2) is 13.9 Å². The second-order valence-electron chi connectivity index (χ2n) is 8.94. The van der Waals surface area contributed by atoms with Crippen LogP contribution in [0.4, 0.5) is 0 Å². The predicted molar refractivity (Wildman–Crippen MR) is 148 cm³/mol. The van der Waals surface area contributed by atoms with Gasteiger partial charge in [0.25, 0.3) is 11.8 Å². The molecule has 0 saturated carbocycles. The standard InChI is InChI=1S/C27H30N6O5S/c1-31(2)39(36,37)33-18-21(23-7-4-5-8-25(23)33)17-24(27(35)29-13-6-15-32-16-14-28-19-32)30-26(34)20-9-11-22(38-3)12-10-20/h4-5,7-12,14,16,18-19H,6,13,15,17H2,1-3H3,(H,29,35). The van der Waals surface area contributed by atoms with Crippen LogP contribution in [0.3, 0.4) is 0 Å². The van der Waals surface area contributed by atoms with Crippen LogP contribution in [0.15, 0.2) is 78.4 Å². The molecular weight excluding hydrogens is 520 g/mol. The number of carbonyl (C=O) groups is 2. The van der Waals surface area contributed by atoms with Gasteiger partial charge in [0.2, 0.25) is 0 Å². The van der Waals surface area contributed by atoms with E-state index < -0.39 is 22.0 Å². The molecule has 204 valence electrons. The lowest BCUT2D eigenvalue weighted by Crippen LogP contribution is -2.34. The zero-order valence-electron chi connectivity index (χ0n) is 21.9. The van der Waals surface area contributed by atoms with Crippen molar-refractivity contribution in [3.8, 4) is 5.75 Å². The Morgan fingerprint density at radius 2 is 1.85 bits per heavy atom. The smallest absolute Gasteiger partial charge is 0.307 e. The Morgan fingerprint density at radius 1 is 1.10 bits per heavy atom. The third-order valence-electron chi connectivity index (χ3n) is 6.10. The number of hydrogen-bond donors (Lipinski definition) is 1. The van der Waals surface area contributed by atoms with Crippen molar-refractivity contribution >= 4 is 38.6 Å². The summed E-state index contributed by atoms with van der Waals surface area (Å²) < 4.78 is 35.3. The van der Waals surface area contributed by atoms with Crippen LogP contribution in [0.2, 0.25) is 0 Å². The number of nitrogens with zero attached hydrogens (tertiary/aromatic N) is 5. The molecule has 0 bridgehead atoms. The van der Waals surface area contributed by atoms with E-state index in [0.717, 1.165) is 4.31 Å². The van der Waals surface area contributed by atoms with Crippen LogP contribution in [0, 0.1) is 0 Å². The first-order valence-corrected chi connectivity index (χ1v) is 13.6. The molecule has 0 saturated heterocycles. The van der Waals surface area contributed by atoms with Crippen LogP contribution in [0.1, 0.15) is 22.3 Å². The Hall–Kier alpha value is -4.29. The Bertz CT molecular complexity index is 1590. The van der Waals surface area contributed by atoms with E-state index in [2.05, 4.69) is 15.3 Å². The summed E-state index contributed by atoms with van der Waals surface area (Å²) in [4.78, 5) is 34.5. The molecule has 12 heteroatoms. The van der Waals surface area contributed by atoms with Crippen molar-refractivity contribution in [2.24, 2.45) is 4.99 Å². The molecular formula is C27H30N6O5S. The first kappa shape index (κ1) is 27.7. The molecule has 4 aromatic rings. The number of carbonyl (C=O) groups excluding carboxylic acids is 2. The summed E-state index contributed by atoms with van der Waals surface area (Å²) in [6.45, 7) is 1.01. The van der Waals surface area contributed by atoms with Gasteiger partial charge in [-0.05, 0) is 42.3 Å². The number of amides is 2. The Morgan fingerprint density at radius 3 is 2.51 bits per heavy atom. The molecule has 0 aliphatic heterocycles. The molecule has 0 unspecified atom stereocenters. The highest BCUT2D eigenvalue weighted by molar-refractivity contribution is 7.87. The average Bonchev–Trinajstić information content (AvgIpc) is 3.59. The van der Waals surface area contributed by atoms with Gasteiger partial charge in [-0.1, -0.05) is 18.2 Å². The number of para-hydroxylation sites is 1. The molecule has 0 aliphatic rings. The zero-order valence-corrected chi connectivity index (χ0v) is 22.8. The van der Waals surface area contributed by atoms with E-state index in [0.29, 0.717) is 47.3 Å². The first-order chi connectivity index (χ1) is 18.7. The highest BCUT2D eigenvalue weighted by Crippen LogP contribution is 2.25. The van der Waals surface area contributed by atoms with Gasteiger partial charge in [0, 0.05) is 63.1 Å². The van der Waals surface area contributed by atoms with E-state index in [1.54, 1.807) is 61.1 Å². The van der Waals surface area contributed by atoms with Crippen LogP contribution >= 0.6 is 0 Å². The van der Waals surface area contributed by atoms with Gasteiger partial charge in [0.05, 0.1) is 19.0 Å². The Kier molecular flexibility index (Phi) is 8.57. The zero-order chi connectivity index (χ0) is 28.0. The minimum atomic E-state index is -3.83. The predicted octanol–water partition coefficient (Wildman–Crippen LogP) is 2.53. The average molecular weight is 551 g/mol. The lowest BCUT2D eigenvalue weighted by molar-refractivity contribution is -0.114. The van der Waals surface area contributed by atoms with Crippen molar-refractivity contribution in [1.82, 2.24) is 23.1 Å². The quantitative estimate of drug-likeness (QED) is 0.226. The fourth-order valence-corrected chi connectivity index (χ4v) is 5.00. The summed E-state index contributed by atoms with van der Waals surface area (Å²) >= 11 is 0. The third kappa shape index (κ3) is 6.41. The molecule has 0 aliphatic carbocycles. The van der Waals surface area contributed by atoms with Gasteiger partial charge < -0.3 is 14.6 Å². The van der Waals surface area contributed by atoms with Crippen LogP contribution in [-0.2, 0) is 28.0 Å². The highest BCUT2D eigenvalue weighted by atomic mass is 32.2. The first-order valence-electron chi connectivity index (χ1n) is 12.2. The number of aromatic nitrogens is 3. The summed E-state index contributed by atoms with van der Waals surface area (Å²) in [5, 5.41) is 3.47. The van der Waals surface area contributed by atoms with Crippen LogP contribution in [-0.4, -0.2) is 71.5 Å². The maximum Gasteiger partial charge on any atom is 0.307 e. The SMILES string of the molecule is COc1ccc(C(=O)N=C(Cc2cn(S(=O)(=O)N(C)C)c3ccccc23)C(=O)NCCCn2ccnc2)cc1. The van der Waals surface area contributed by atoms with E-state index >= 15 is 0 Å². The Balaban J connectivity index is 1.65. The summed E-state index contributed by atoms with van der Waals surface area (Å²) in [6, 6.07) is 13.4. The largest absolute Gasteiger partial charge is 0.497 e. The van der Waals surface area contributed by atoms with E-state index in [9.17, 15) is 18.0 Å². The normalized spacial score (nSPS) is 12.2. The number of imidazole rings is 1. The fourth-order valence-electron chi connectivity index (χ4n) is 3.98. The van der Waals surface area contributed by atoms with Crippen molar-refractivity contribution in [3.63, 3.8) is 0 Å². The van der Waals surface area contributed by atoms with Crippen LogP contribution in [0.25, 0.3) is 10.9 Å². The summed E-state index contributed by atoms with van der Waals surface area (Å²) in [7, 11) is 0.590. The molecule has 0 spiro atoms. The fraction of sp³-hybridized carbons (Fsp3) is 0.259. The second kappa shape index (κ2) is 12.0. The maximum absolute atomic E-state index is 13.3. The van der Waals surface area contributed by atoms with E-state index in [-0.39, 0.29) is 12.1 Å². The number of ether oxygens (including phenoxy) is 1. The number of methoxy groups -OCH3 is 1.